The van der Waals surface area contributed by atoms with Gasteiger partial charge >= 0.3 is 0 Å². The molecule has 37 heavy (non-hydrogen) atoms. The van der Waals surface area contributed by atoms with Crippen LogP contribution in [0.15, 0.2) is 17.0 Å². The molecule has 1 aromatic rings. The molecule has 0 aromatic heterocycles. The Hall–Kier alpha value is -2.21. The molecule has 0 unspecified atom stereocenters. The van der Waals surface area contributed by atoms with Crippen LogP contribution in [0.25, 0.3) is 0 Å². The molecule has 0 bridgehead atoms. The lowest BCUT2D eigenvalue weighted by atomic mass is 10.0. The number of hydrogen-bond donors (Lipinski definition) is 0. The first kappa shape index (κ1) is 27.8. The highest BCUT2D eigenvalue weighted by molar-refractivity contribution is 7.89. The molecule has 206 valence electrons. The standard InChI is InChI=1S/C26H40N4O6S/c1-19-11-23(35-4)12-20(2)26(19)37(33,34)27(3)9-10-36-18-25(32)30-15-21-13-29(14-22(21)16-30)24(31)17-28-7-5-6-8-28/h11-12,21-22H,5-10,13-18H2,1-4H3/t21-,22+. The Morgan fingerprint density at radius 3 is 2.05 bits per heavy atom. The van der Waals surface area contributed by atoms with E-state index in [-0.39, 0.29) is 36.5 Å². The maximum absolute atomic E-state index is 13.1. The second-order valence-corrected chi connectivity index (χ2v) is 12.6. The summed E-state index contributed by atoms with van der Waals surface area (Å²) in [6, 6.07) is 3.41. The van der Waals surface area contributed by atoms with Crippen molar-refractivity contribution in [2.24, 2.45) is 11.8 Å². The molecule has 3 fully saturated rings. The minimum atomic E-state index is -3.70. The number of likely N-dealkylation sites (tertiary alicyclic amines) is 3. The predicted molar refractivity (Wildman–Crippen MR) is 139 cm³/mol. The fraction of sp³-hybridized carbons (Fsp3) is 0.692. The lowest BCUT2D eigenvalue weighted by molar-refractivity contribution is -0.135. The number of hydrogen-bond acceptors (Lipinski definition) is 7. The molecule has 0 spiro atoms. The Balaban J connectivity index is 1.19. The van der Waals surface area contributed by atoms with Crippen LogP contribution in [0.2, 0.25) is 0 Å². The number of carbonyl (C=O) groups excluding carboxylic acids is 2. The van der Waals surface area contributed by atoms with Gasteiger partial charge in [0.1, 0.15) is 12.4 Å². The highest BCUT2D eigenvalue weighted by Crippen LogP contribution is 2.31. The van der Waals surface area contributed by atoms with E-state index in [1.165, 1.54) is 24.2 Å². The highest BCUT2D eigenvalue weighted by Gasteiger charge is 2.43. The molecule has 1 aromatic carbocycles. The van der Waals surface area contributed by atoms with Gasteiger partial charge in [-0.05, 0) is 63.0 Å². The van der Waals surface area contributed by atoms with E-state index in [2.05, 4.69) is 4.90 Å². The van der Waals surface area contributed by atoms with Crippen LogP contribution in [-0.2, 0) is 24.3 Å². The molecular weight excluding hydrogens is 496 g/mol. The van der Waals surface area contributed by atoms with Crippen molar-refractivity contribution in [3.05, 3.63) is 23.3 Å². The van der Waals surface area contributed by atoms with Crippen LogP contribution in [-0.4, -0.2) is 119 Å². The Morgan fingerprint density at radius 2 is 1.51 bits per heavy atom. The first-order valence-electron chi connectivity index (χ1n) is 13.1. The number of amides is 2. The number of rotatable bonds is 10. The van der Waals surface area contributed by atoms with E-state index in [4.69, 9.17) is 9.47 Å². The minimum absolute atomic E-state index is 0.0779. The average molecular weight is 537 g/mol. The zero-order valence-corrected chi connectivity index (χ0v) is 23.3. The second kappa shape index (κ2) is 11.7. The third-order valence-electron chi connectivity index (χ3n) is 7.86. The number of benzene rings is 1. The molecule has 10 nitrogen and oxygen atoms in total. The maximum Gasteiger partial charge on any atom is 0.248 e. The molecule has 3 heterocycles. The number of fused-ring (bicyclic) bond motifs is 1. The van der Waals surface area contributed by atoms with Gasteiger partial charge in [-0.15, -0.1) is 0 Å². The van der Waals surface area contributed by atoms with Gasteiger partial charge in [-0.3, -0.25) is 14.5 Å². The highest BCUT2D eigenvalue weighted by atomic mass is 32.2. The van der Waals surface area contributed by atoms with Crippen LogP contribution in [0.3, 0.4) is 0 Å². The molecule has 0 N–H and O–H groups in total. The van der Waals surface area contributed by atoms with Gasteiger partial charge in [0.15, 0.2) is 0 Å². The number of sulfonamides is 1. The van der Waals surface area contributed by atoms with Crippen LogP contribution in [0.1, 0.15) is 24.0 Å². The molecule has 0 radical (unpaired) electrons. The molecule has 11 heteroatoms. The smallest absolute Gasteiger partial charge is 0.248 e. The van der Waals surface area contributed by atoms with Gasteiger partial charge in [-0.2, -0.15) is 4.31 Å². The normalized spacial score (nSPS) is 22.2. The lowest BCUT2D eigenvalue weighted by Gasteiger charge is -2.24. The quantitative estimate of drug-likeness (QED) is 0.411. The first-order chi connectivity index (χ1) is 17.6. The van der Waals surface area contributed by atoms with Gasteiger partial charge in [-0.1, -0.05) is 0 Å². The number of ether oxygens (including phenoxy) is 2. The van der Waals surface area contributed by atoms with Gasteiger partial charge < -0.3 is 19.3 Å². The van der Waals surface area contributed by atoms with E-state index >= 15 is 0 Å². The van der Waals surface area contributed by atoms with Crippen molar-refractivity contribution in [1.82, 2.24) is 19.0 Å². The summed E-state index contributed by atoms with van der Waals surface area (Å²) in [6.07, 6.45) is 2.34. The van der Waals surface area contributed by atoms with Crippen molar-refractivity contribution in [2.75, 3.05) is 79.7 Å². The van der Waals surface area contributed by atoms with E-state index in [0.29, 0.717) is 48.3 Å². The van der Waals surface area contributed by atoms with Crippen LogP contribution in [0.5, 0.6) is 5.75 Å². The molecule has 3 aliphatic heterocycles. The zero-order chi connectivity index (χ0) is 26.7. The van der Waals surface area contributed by atoms with E-state index in [1.54, 1.807) is 33.1 Å². The summed E-state index contributed by atoms with van der Waals surface area (Å²) in [6.45, 7) is 8.94. The minimum Gasteiger partial charge on any atom is -0.497 e. The van der Waals surface area contributed by atoms with Crippen LogP contribution < -0.4 is 4.74 Å². The Morgan fingerprint density at radius 1 is 0.973 bits per heavy atom. The Bertz CT molecular complexity index is 1070. The Labute approximate surface area is 220 Å². The van der Waals surface area contributed by atoms with Gasteiger partial charge in [0.2, 0.25) is 21.8 Å². The van der Waals surface area contributed by atoms with Crippen molar-refractivity contribution in [3.8, 4) is 5.75 Å². The molecule has 0 saturated carbocycles. The third-order valence-corrected chi connectivity index (χ3v) is 10.0. The largest absolute Gasteiger partial charge is 0.497 e. The van der Waals surface area contributed by atoms with Gasteiger partial charge in [0.05, 0.1) is 25.2 Å². The zero-order valence-electron chi connectivity index (χ0n) is 22.4. The fourth-order valence-corrected chi connectivity index (χ4v) is 7.35. The number of nitrogens with zero attached hydrogens (tertiary/aromatic N) is 4. The molecule has 3 aliphatic rings. The third kappa shape index (κ3) is 6.27. The van der Waals surface area contributed by atoms with Crippen LogP contribution in [0, 0.1) is 25.7 Å². The number of carbonyl (C=O) groups is 2. The van der Waals surface area contributed by atoms with E-state index in [9.17, 15) is 18.0 Å². The van der Waals surface area contributed by atoms with Gasteiger partial charge in [0, 0.05) is 51.6 Å². The summed E-state index contributed by atoms with van der Waals surface area (Å²) >= 11 is 0. The van der Waals surface area contributed by atoms with Crippen molar-refractivity contribution >= 4 is 21.8 Å². The van der Waals surface area contributed by atoms with Crippen molar-refractivity contribution in [2.45, 2.75) is 31.6 Å². The SMILES string of the molecule is COc1cc(C)c(S(=O)(=O)N(C)CCOCC(=O)N2C[C@@H]3CN(C(=O)CN4CCCC4)C[C@@H]3C2)c(C)c1. The first-order valence-corrected chi connectivity index (χ1v) is 14.5. The number of likely N-dealkylation sites (N-methyl/N-ethyl adjacent to an activating group) is 1. The number of aryl methyl sites for hydroxylation is 2. The monoisotopic (exact) mass is 536 g/mol. The van der Waals surface area contributed by atoms with Crippen LogP contribution in [0.4, 0.5) is 0 Å². The fourth-order valence-electron chi connectivity index (χ4n) is 5.79. The average Bonchev–Trinajstić information content (AvgIpc) is 3.57. The maximum atomic E-state index is 13.1. The topological polar surface area (TPSA) is 99.7 Å². The molecule has 3 saturated heterocycles. The molecule has 2 atom stereocenters. The predicted octanol–water partition coefficient (Wildman–Crippen LogP) is 0.962. The van der Waals surface area contributed by atoms with Crippen LogP contribution >= 0.6 is 0 Å². The Kier molecular flexibility index (Phi) is 8.77. The summed E-state index contributed by atoms with van der Waals surface area (Å²) in [5, 5.41) is 0. The summed E-state index contributed by atoms with van der Waals surface area (Å²) in [5.74, 6) is 1.37. The molecule has 4 rings (SSSR count). The van der Waals surface area contributed by atoms with E-state index < -0.39 is 10.0 Å². The van der Waals surface area contributed by atoms with Crippen molar-refractivity contribution in [3.63, 3.8) is 0 Å². The molecular formula is C26H40N4O6S. The van der Waals surface area contributed by atoms with Crippen molar-refractivity contribution < 1.29 is 27.5 Å². The van der Waals surface area contributed by atoms with Gasteiger partial charge in [-0.25, -0.2) is 8.42 Å². The van der Waals surface area contributed by atoms with Crippen molar-refractivity contribution in [1.29, 1.82) is 0 Å². The summed E-state index contributed by atoms with van der Waals surface area (Å²) in [5.41, 5.74) is 1.24. The summed E-state index contributed by atoms with van der Waals surface area (Å²) < 4.78 is 38.3. The van der Waals surface area contributed by atoms with E-state index in [0.717, 1.165) is 26.2 Å². The molecule has 2 amide bonds. The molecule has 0 aliphatic carbocycles. The van der Waals surface area contributed by atoms with E-state index in [1.807, 2.05) is 9.80 Å². The number of methoxy groups -OCH3 is 1. The second-order valence-electron chi connectivity index (χ2n) is 10.6. The lowest BCUT2D eigenvalue weighted by Crippen LogP contribution is -2.41. The summed E-state index contributed by atoms with van der Waals surface area (Å²) in [7, 11) is -0.640. The van der Waals surface area contributed by atoms with Gasteiger partial charge in [0.25, 0.3) is 0 Å². The summed E-state index contributed by atoms with van der Waals surface area (Å²) in [4.78, 5) is 31.6.